The number of hydrogen-bond acceptors (Lipinski definition) is 1. The zero-order valence-corrected chi connectivity index (χ0v) is 9.84. The Balaban J connectivity index is 2.90. The normalized spacial score (nSPS) is 16.1. The van der Waals surface area contributed by atoms with E-state index in [0.29, 0.717) is 6.42 Å². The highest BCUT2D eigenvalue weighted by Gasteiger charge is 2.29. The average Bonchev–Trinajstić information content (AvgIpc) is 2.00. The molecule has 0 radical (unpaired) electrons. The number of rotatable bonds is 2. The van der Waals surface area contributed by atoms with Gasteiger partial charge in [0, 0.05) is 0 Å². The lowest BCUT2D eigenvalue weighted by Gasteiger charge is -2.31. The zero-order valence-electron chi connectivity index (χ0n) is 9.84. The Hall–Kier alpha value is -0.890. The Morgan fingerprint density at radius 1 is 1.07 bits per heavy atom. The molecule has 1 aromatic carbocycles. The molecule has 0 saturated carbocycles. The molecule has 0 spiro atoms. The molecular weight excluding hydrogens is 191 g/mol. The third kappa shape index (κ3) is 3.63. The summed E-state index contributed by atoms with van der Waals surface area (Å²) in [6, 6.07) is 6.04. The van der Waals surface area contributed by atoms with Gasteiger partial charge in [-0.1, -0.05) is 32.9 Å². The summed E-state index contributed by atoms with van der Waals surface area (Å²) in [6.07, 6.45) is 0.644. The number of benzene rings is 1. The molecule has 1 rings (SSSR count). The Morgan fingerprint density at radius 3 is 1.93 bits per heavy atom. The van der Waals surface area contributed by atoms with Crippen molar-refractivity contribution in [1.82, 2.24) is 0 Å². The van der Waals surface area contributed by atoms with Gasteiger partial charge in [-0.3, -0.25) is 0 Å². The molecule has 15 heavy (non-hydrogen) atoms. The van der Waals surface area contributed by atoms with Crippen molar-refractivity contribution >= 4 is 0 Å². The van der Waals surface area contributed by atoms with Gasteiger partial charge in [-0.05, 0) is 36.5 Å². The van der Waals surface area contributed by atoms with Crippen LogP contribution in [0.1, 0.15) is 39.7 Å². The van der Waals surface area contributed by atoms with Gasteiger partial charge in [-0.15, -0.1) is 0 Å². The van der Waals surface area contributed by atoms with Gasteiger partial charge in [0.05, 0.1) is 5.60 Å². The Labute approximate surface area is 90.9 Å². The molecular formula is C13H19FO. The number of hydrogen-bond donors (Lipinski definition) is 1. The molecule has 84 valence electrons. The second-order valence-electron chi connectivity index (χ2n) is 5.52. The van der Waals surface area contributed by atoms with Crippen molar-refractivity contribution in [3.05, 3.63) is 35.6 Å². The lowest BCUT2D eigenvalue weighted by atomic mass is 9.79. The minimum Gasteiger partial charge on any atom is -0.385 e. The number of aliphatic hydroxyl groups is 1. The molecule has 1 atom stereocenters. The van der Waals surface area contributed by atoms with Crippen LogP contribution in [0.25, 0.3) is 0 Å². The first-order valence-electron chi connectivity index (χ1n) is 5.19. The highest BCUT2D eigenvalue weighted by molar-refractivity contribution is 5.22. The van der Waals surface area contributed by atoms with Crippen LogP contribution in [0.3, 0.4) is 0 Å². The lowest BCUT2D eigenvalue weighted by Crippen LogP contribution is -2.27. The van der Waals surface area contributed by atoms with Crippen molar-refractivity contribution in [1.29, 1.82) is 0 Å². The maximum Gasteiger partial charge on any atom is 0.123 e. The maximum atomic E-state index is 12.7. The molecule has 0 fully saturated rings. The van der Waals surface area contributed by atoms with Crippen LogP contribution < -0.4 is 0 Å². The standard InChI is InChI=1S/C13H19FO/c1-12(2,3)9-13(4,15)10-5-7-11(14)8-6-10/h5-8,15H,9H2,1-4H3. The fraction of sp³-hybridized carbons (Fsp3) is 0.538. The summed E-state index contributed by atoms with van der Waals surface area (Å²) in [5.74, 6) is -0.273. The molecule has 0 heterocycles. The first-order valence-corrected chi connectivity index (χ1v) is 5.19. The van der Waals surface area contributed by atoms with Crippen molar-refractivity contribution in [3.8, 4) is 0 Å². The van der Waals surface area contributed by atoms with Crippen LogP contribution in [0, 0.1) is 11.2 Å². The summed E-state index contributed by atoms with van der Waals surface area (Å²) in [6.45, 7) is 7.99. The van der Waals surface area contributed by atoms with E-state index >= 15 is 0 Å². The molecule has 0 aromatic heterocycles. The van der Waals surface area contributed by atoms with E-state index in [1.54, 1.807) is 19.1 Å². The van der Waals surface area contributed by atoms with Gasteiger partial charge in [0.15, 0.2) is 0 Å². The van der Waals surface area contributed by atoms with Gasteiger partial charge in [-0.2, -0.15) is 0 Å². The summed E-state index contributed by atoms with van der Waals surface area (Å²) in [7, 11) is 0. The third-order valence-corrected chi connectivity index (χ3v) is 2.34. The minimum atomic E-state index is -0.897. The molecule has 1 N–H and O–H groups in total. The van der Waals surface area contributed by atoms with Gasteiger partial charge in [0.25, 0.3) is 0 Å². The highest BCUT2D eigenvalue weighted by atomic mass is 19.1. The monoisotopic (exact) mass is 210 g/mol. The van der Waals surface area contributed by atoms with Crippen LogP contribution in [0.15, 0.2) is 24.3 Å². The van der Waals surface area contributed by atoms with Crippen molar-refractivity contribution in [2.24, 2.45) is 5.41 Å². The van der Waals surface area contributed by atoms with E-state index < -0.39 is 5.60 Å². The van der Waals surface area contributed by atoms with E-state index in [1.807, 2.05) is 0 Å². The predicted octanol–water partition coefficient (Wildman–Crippen LogP) is 3.47. The Bertz CT molecular complexity index is 319. The summed E-state index contributed by atoms with van der Waals surface area (Å²) in [5.41, 5.74) is -0.0945. The van der Waals surface area contributed by atoms with Crippen LogP contribution >= 0.6 is 0 Å². The van der Waals surface area contributed by atoms with Gasteiger partial charge in [-0.25, -0.2) is 4.39 Å². The van der Waals surface area contributed by atoms with Crippen molar-refractivity contribution in [2.75, 3.05) is 0 Å². The van der Waals surface area contributed by atoms with Gasteiger partial charge in [0.2, 0.25) is 0 Å². The van der Waals surface area contributed by atoms with Crippen LogP contribution in [0.5, 0.6) is 0 Å². The fourth-order valence-corrected chi connectivity index (χ4v) is 1.94. The average molecular weight is 210 g/mol. The second-order valence-corrected chi connectivity index (χ2v) is 5.52. The summed E-state index contributed by atoms with van der Waals surface area (Å²) in [4.78, 5) is 0. The van der Waals surface area contributed by atoms with Gasteiger partial charge < -0.3 is 5.11 Å². The molecule has 2 heteroatoms. The first-order chi connectivity index (χ1) is 6.71. The van der Waals surface area contributed by atoms with E-state index in [9.17, 15) is 9.50 Å². The smallest absolute Gasteiger partial charge is 0.123 e. The van der Waals surface area contributed by atoms with Crippen LogP contribution in [0.4, 0.5) is 4.39 Å². The SMILES string of the molecule is CC(C)(C)CC(C)(O)c1ccc(F)cc1. The lowest BCUT2D eigenvalue weighted by molar-refractivity contribution is 0.0150. The van der Waals surface area contributed by atoms with E-state index in [-0.39, 0.29) is 11.2 Å². The first kappa shape index (κ1) is 12.2. The quantitative estimate of drug-likeness (QED) is 0.792. The topological polar surface area (TPSA) is 20.2 Å². The van der Waals surface area contributed by atoms with Crippen molar-refractivity contribution in [3.63, 3.8) is 0 Å². The van der Waals surface area contributed by atoms with E-state index in [0.717, 1.165) is 5.56 Å². The van der Waals surface area contributed by atoms with Gasteiger partial charge in [0.1, 0.15) is 5.82 Å². The molecule has 1 nitrogen and oxygen atoms in total. The van der Waals surface area contributed by atoms with E-state index in [4.69, 9.17) is 0 Å². The Morgan fingerprint density at radius 2 is 1.53 bits per heavy atom. The molecule has 1 aromatic rings. The molecule has 0 aliphatic heterocycles. The molecule has 0 amide bonds. The highest BCUT2D eigenvalue weighted by Crippen LogP contribution is 2.34. The van der Waals surface area contributed by atoms with Crippen molar-refractivity contribution < 1.29 is 9.50 Å². The predicted molar refractivity (Wildman–Crippen MR) is 60.0 cm³/mol. The third-order valence-electron chi connectivity index (χ3n) is 2.34. The summed E-state index contributed by atoms with van der Waals surface area (Å²) in [5, 5.41) is 10.3. The fourth-order valence-electron chi connectivity index (χ4n) is 1.94. The minimum absolute atomic E-state index is 0.0396. The molecule has 1 unspecified atom stereocenters. The van der Waals surface area contributed by atoms with E-state index in [1.165, 1.54) is 12.1 Å². The second kappa shape index (κ2) is 3.93. The molecule has 0 aliphatic rings. The number of halogens is 1. The van der Waals surface area contributed by atoms with E-state index in [2.05, 4.69) is 20.8 Å². The summed E-state index contributed by atoms with van der Waals surface area (Å²) >= 11 is 0. The maximum absolute atomic E-state index is 12.7. The Kier molecular flexibility index (Phi) is 3.19. The van der Waals surface area contributed by atoms with Crippen LogP contribution in [-0.2, 0) is 5.60 Å². The zero-order chi connectivity index (χ0) is 11.7. The molecule has 0 bridgehead atoms. The molecule has 0 saturated heterocycles. The largest absolute Gasteiger partial charge is 0.385 e. The van der Waals surface area contributed by atoms with Gasteiger partial charge >= 0.3 is 0 Å². The van der Waals surface area contributed by atoms with Crippen molar-refractivity contribution in [2.45, 2.75) is 39.7 Å². The molecule has 0 aliphatic carbocycles. The van der Waals surface area contributed by atoms with Crippen LogP contribution in [0.2, 0.25) is 0 Å². The summed E-state index contributed by atoms with van der Waals surface area (Å²) < 4.78 is 12.7. The van der Waals surface area contributed by atoms with Crippen LogP contribution in [-0.4, -0.2) is 5.11 Å².